The molecule has 0 saturated heterocycles. The van der Waals surface area contributed by atoms with Gasteiger partial charge in [-0.25, -0.2) is 5.84 Å². The molecule has 0 aromatic rings. The summed E-state index contributed by atoms with van der Waals surface area (Å²) in [6.07, 6.45) is -0.259. The standard InChI is InChI=1S/C7H7N5O/c8-3-7(4-9,5-10)2-1-6(13)12-11/h1-2,11H2,(H,12,13). The minimum absolute atomic E-state index is 0.120. The molecule has 0 saturated carbocycles. The van der Waals surface area contributed by atoms with E-state index in [1.807, 2.05) is 5.43 Å². The third-order valence-electron chi connectivity index (χ3n) is 1.46. The molecule has 66 valence electrons. The molecule has 0 bridgehead atoms. The highest BCUT2D eigenvalue weighted by atomic mass is 16.2. The van der Waals surface area contributed by atoms with E-state index in [9.17, 15) is 4.79 Å². The Kier molecular flexibility index (Phi) is 3.95. The van der Waals surface area contributed by atoms with Gasteiger partial charge < -0.3 is 0 Å². The lowest BCUT2D eigenvalue weighted by Gasteiger charge is -2.06. The normalized spacial score (nSPS) is 9.08. The first-order valence-corrected chi connectivity index (χ1v) is 3.37. The van der Waals surface area contributed by atoms with Gasteiger partial charge in [0.2, 0.25) is 11.3 Å². The van der Waals surface area contributed by atoms with Crippen LogP contribution in [0, 0.1) is 39.4 Å². The fourth-order valence-corrected chi connectivity index (χ4v) is 0.616. The van der Waals surface area contributed by atoms with Gasteiger partial charge in [0, 0.05) is 12.8 Å². The molecule has 3 N–H and O–H groups in total. The molecule has 0 aromatic carbocycles. The van der Waals surface area contributed by atoms with Gasteiger partial charge in [-0.15, -0.1) is 0 Å². The van der Waals surface area contributed by atoms with Crippen LogP contribution in [0.2, 0.25) is 0 Å². The maximum absolute atomic E-state index is 10.6. The van der Waals surface area contributed by atoms with Crippen molar-refractivity contribution >= 4 is 5.91 Å². The van der Waals surface area contributed by atoms with Gasteiger partial charge in [-0.1, -0.05) is 0 Å². The fraction of sp³-hybridized carbons (Fsp3) is 0.429. The molecular formula is C7H7N5O. The lowest BCUT2D eigenvalue weighted by atomic mass is 9.88. The van der Waals surface area contributed by atoms with E-state index < -0.39 is 11.3 Å². The molecule has 0 radical (unpaired) electrons. The Balaban J connectivity index is 4.35. The van der Waals surface area contributed by atoms with Crippen LogP contribution in [0.15, 0.2) is 0 Å². The smallest absolute Gasteiger partial charge is 0.234 e. The molecule has 0 heterocycles. The molecule has 6 heteroatoms. The first-order chi connectivity index (χ1) is 6.14. The van der Waals surface area contributed by atoms with Gasteiger partial charge in [0.15, 0.2) is 0 Å². The second kappa shape index (κ2) is 4.71. The Morgan fingerprint density at radius 3 is 2.08 bits per heavy atom. The van der Waals surface area contributed by atoms with Crippen LogP contribution in [0.5, 0.6) is 0 Å². The number of nitrogens with two attached hydrogens (primary N) is 1. The summed E-state index contributed by atoms with van der Waals surface area (Å²) < 4.78 is 0. The monoisotopic (exact) mass is 177 g/mol. The average Bonchev–Trinajstić information content (AvgIpc) is 2.20. The Hall–Kier alpha value is -2.10. The zero-order valence-corrected chi connectivity index (χ0v) is 6.74. The summed E-state index contributed by atoms with van der Waals surface area (Å²) >= 11 is 0. The number of nitriles is 3. The predicted molar refractivity (Wildman–Crippen MR) is 40.8 cm³/mol. The second-order valence-electron chi connectivity index (χ2n) is 2.31. The van der Waals surface area contributed by atoms with E-state index in [4.69, 9.17) is 21.6 Å². The van der Waals surface area contributed by atoms with Crippen LogP contribution >= 0.6 is 0 Å². The largest absolute Gasteiger partial charge is 0.294 e. The van der Waals surface area contributed by atoms with E-state index in [1.54, 1.807) is 18.2 Å². The first kappa shape index (κ1) is 10.9. The number of hydrazine groups is 1. The highest BCUT2D eigenvalue weighted by Crippen LogP contribution is 2.20. The average molecular weight is 177 g/mol. The number of hydrogen-bond acceptors (Lipinski definition) is 5. The van der Waals surface area contributed by atoms with Crippen molar-refractivity contribution in [3.63, 3.8) is 0 Å². The van der Waals surface area contributed by atoms with Crippen LogP contribution in [0.4, 0.5) is 0 Å². The fourth-order valence-electron chi connectivity index (χ4n) is 0.616. The minimum atomic E-state index is -1.74. The summed E-state index contributed by atoms with van der Waals surface area (Å²) in [5.41, 5.74) is 0.0991. The summed E-state index contributed by atoms with van der Waals surface area (Å²) in [6, 6.07) is 4.65. The molecule has 0 aliphatic heterocycles. The molecule has 0 aliphatic rings. The molecule has 0 spiro atoms. The topological polar surface area (TPSA) is 126 Å². The lowest BCUT2D eigenvalue weighted by Crippen LogP contribution is -2.31. The molecule has 13 heavy (non-hydrogen) atoms. The van der Waals surface area contributed by atoms with Crippen molar-refractivity contribution in [1.29, 1.82) is 15.8 Å². The van der Waals surface area contributed by atoms with Gasteiger partial charge in [-0.3, -0.25) is 10.2 Å². The zero-order chi connectivity index (χ0) is 10.3. The highest BCUT2D eigenvalue weighted by Gasteiger charge is 2.30. The molecule has 0 unspecified atom stereocenters. The Bertz CT molecular complexity index is 279. The second-order valence-corrected chi connectivity index (χ2v) is 2.31. The third kappa shape index (κ3) is 2.78. The summed E-state index contributed by atoms with van der Waals surface area (Å²) in [5, 5.41) is 25.5. The maximum atomic E-state index is 10.6. The number of nitrogens with zero attached hydrogens (tertiary/aromatic N) is 3. The van der Waals surface area contributed by atoms with Crippen molar-refractivity contribution in [3.8, 4) is 18.2 Å². The van der Waals surface area contributed by atoms with Gasteiger partial charge in [0.1, 0.15) is 18.2 Å². The van der Waals surface area contributed by atoms with Gasteiger partial charge in [-0.2, -0.15) is 15.8 Å². The number of carbonyl (C=O) groups is 1. The number of amides is 1. The summed E-state index contributed by atoms with van der Waals surface area (Å²) in [4.78, 5) is 10.6. The van der Waals surface area contributed by atoms with Crippen molar-refractivity contribution < 1.29 is 4.79 Å². The molecule has 0 aromatic heterocycles. The van der Waals surface area contributed by atoms with Crippen molar-refractivity contribution in [3.05, 3.63) is 0 Å². The SMILES string of the molecule is N#CC(C#N)(C#N)CCC(=O)NN. The highest BCUT2D eigenvalue weighted by molar-refractivity contribution is 5.75. The van der Waals surface area contributed by atoms with Crippen LogP contribution < -0.4 is 11.3 Å². The molecule has 0 aliphatic carbocycles. The molecule has 1 amide bonds. The van der Waals surface area contributed by atoms with Crippen LogP contribution in [0.3, 0.4) is 0 Å². The maximum Gasteiger partial charge on any atom is 0.234 e. The summed E-state index contributed by atoms with van der Waals surface area (Å²) in [6.45, 7) is 0. The zero-order valence-electron chi connectivity index (χ0n) is 6.74. The van der Waals surface area contributed by atoms with E-state index in [1.165, 1.54) is 0 Å². The molecule has 0 atom stereocenters. The van der Waals surface area contributed by atoms with Crippen molar-refractivity contribution in [2.75, 3.05) is 0 Å². The Morgan fingerprint density at radius 1 is 1.31 bits per heavy atom. The van der Waals surface area contributed by atoms with Gasteiger partial charge in [0.05, 0.1) is 0 Å². The van der Waals surface area contributed by atoms with Crippen LogP contribution in [-0.4, -0.2) is 5.91 Å². The molecule has 6 nitrogen and oxygen atoms in total. The number of carbonyl (C=O) groups excluding carboxylic acids is 1. The van der Waals surface area contributed by atoms with Crippen molar-refractivity contribution in [2.24, 2.45) is 11.3 Å². The molecule has 0 rings (SSSR count). The first-order valence-electron chi connectivity index (χ1n) is 3.37. The number of hydrogen-bond donors (Lipinski definition) is 2. The number of nitrogens with one attached hydrogen (secondary N) is 1. The Labute approximate surface area is 75.1 Å². The van der Waals surface area contributed by atoms with Crippen molar-refractivity contribution in [2.45, 2.75) is 12.8 Å². The predicted octanol–water partition coefficient (Wildman–Crippen LogP) is -0.686. The molecular weight excluding hydrogens is 170 g/mol. The summed E-state index contributed by atoms with van der Waals surface area (Å²) in [7, 11) is 0. The quantitative estimate of drug-likeness (QED) is 0.335. The van der Waals surface area contributed by atoms with Gasteiger partial charge >= 0.3 is 0 Å². The van der Waals surface area contributed by atoms with Crippen LogP contribution in [0.1, 0.15) is 12.8 Å². The number of rotatable bonds is 3. The van der Waals surface area contributed by atoms with E-state index in [0.717, 1.165) is 0 Å². The third-order valence-corrected chi connectivity index (χ3v) is 1.46. The minimum Gasteiger partial charge on any atom is -0.294 e. The van der Waals surface area contributed by atoms with E-state index in [-0.39, 0.29) is 12.8 Å². The Morgan fingerprint density at radius 2 is 1.77 bits per heavy atom. The lowest BCUT2D eigenvalue weighted by molar-refractivity contribution is -0.121. The molecule has 0 fully saturated rings. The summed E-state index contributed by atoms with van der Waals surface area (Å²) in [5.74, 6) is 4.27. The van der Waals surface area contributed by atoms with E-state index in [0.29, 0.717) is 0 Å². The van der Waals surface area contributed by atoms with Crippen LogP contribution in [0.25, 0.3) is 0 Å². The van der Waals surface area contributed by atoms with Crippen molar-refractivity contribution in [1.82, 2.24) is 5.43 Å². The van der Waals surface area contributed by atoms with E-state index >= 15 is 0 Å². The van der Waals surface area contributed by atoms with E-state index in [2.05, 4.69) is 0 Å². The van der Waals surface area contributed by atoms with Crippen LogP contribution in [-0.2, 0) is 4.79 Å². The van der Waals surface area contributed by atoms with Gasteiger partial charge in [-0.05, 0) is 0 Å². The van der Waals surface area contributed by atoms with Gasteiger partial charge in [0.25, 0.3) is 0 Å².